The Morgan fingerprint density at radius 1 is 0.821 bits per heavy atom. The van der Waals surface area contributed by atoms with E-state index in [-0.39, 0.29) is 6.61 Å². The number of anilines is 1. The van der Waals surface area contributed by atoms with Gasteiger partial charge in [0.25, 0.3) is 0 Å². The van der Waals surface area contributed by atoms with Crippen molar-refractivity contribution in [2.45, 2.75) is 6.92 Å². The van der Waals surface area contributed by atoms with Crippen LogP contribution in [0, 0.1) is 0 Å². The summed E-state index contributed by atoms with van der Waals surface area (Å²) in [4.78, 5) is 6.66. The van der Waals surface area contributed by atoms with Crippen LogP contribution in [0.3, 0.4) is 0 Å². The van der Waals surface area contributed by atoms with Gasteiger partial charge in [0.15, 0.2) is 0 Å². The van der Waals surface area contributed by atoms with Crippen LogP contribution in [0.2, 0.25) is 0 Å². The van der Waals surface area contributed by atoms with Crippen molar-refractivity contribution in [3.8, 4) is 34.0 Å². The van der Waals surface area contributed by atoms with Crippen LogP contribution in [-0.2, 0) is 0 Å². The molecule has 3 rings (SSSR count). The second kappa shape index (κ2) is 9.14. The molecule has 0 atom stereocenters. The number of aromatic nitrogens is 3. The maximum atomic E-state index is 9.31. The minimum atomic E-state index is 0.0231. The van der Waals surface area contributed by atoms with E-state index < -0.39 is 0 Å². The van der Waals surface area contributed by atoms with Gasteiger partial charge in [0.2, 0.25) is 5.95 Å². The molecule has 0 spiro atoms. The van der Waals surface area contributed by atoms with Crippen LogP contribution < -0.4 is 14.4 Å². The van der Waals surface area contributed by atoms with Crippen LogP contribution in [-0.4, -0.2) is 54.2 Å². The molecule has 0 fully saturated rings. The molecule has 1 N–H and O–H groups in total. The molecule has 0 saturated heterocycles. The lowest BCUT2D eigenvalue weighted by Gasteiger charge is -2.20. The van der Waals surface area contributed by atoms with Crippen molar-refractivity contribution < 1.29 is 14.6 Å². The fourth-order valence-corrected chi connectivity index (χ4v) is 2.87. The summed E-state index contributed by atoms with van der Waals surface area (Å²) >= 11 is 0. The number of benzene rings is 2. The Labute approximate surface area is 164 Å². The van der Waals surface area contributed by atoms with E-state index in [1.807, 2.05) is 60.4 Å². The molecule has 7 nitrogen and oxygen atoms in total. The first-order chi connectivity index (χ1) is 13.7. The monoisotopic (exact) mass is 380 g/mol. The lowest BCUT2D eigenvalue weighted by Crippen LogP contribution is -2.28. The highest BCUT2D eigenvalue weighted by molar-refractivity contribution is 5.78. The van der Waals surface area contributed by atoms with Crippen LogP contribution in [0.25, 0.3) is 22.5 Å². The van der Waals surface area contributed by atoms with Gasteiger partial charge in [-0.25, -0.2) is 4.98 Å². The van der Waals surface area contributed by atoms with Gasteiger partial charge < -0.3 is 19.5 Å². The predicted octanol–water partition coefficient (Wildman–Crippen LogP) is 3.04. The van der Waals surface area contributed by atoms with E-state index in [2.05, 4.69) is 10.2 Å². The van der Waals surface area contributed by atoms with Crippen LogP contribution in [0.5, 0.6) is 11.5 Å². The summed E-state index contributed by atoms with van der Waals surface area (Å²) < 4.78 is 10.5. The van der Waals surface area contributed by atoms with E-state index in [0.717, 1.165) is 22.6 Å². The third-order valence-electron chi connectivity index (χ3n) is 4.44. The first-order valence-electron chi connectivity index (χ1n) is 9.09. The molecular weight excluding hydrogens is 356 g/mol. The highest BCUT2D eigenvalue weighted by Crippen LogP contribution is 2.31. The SMILES string of the molecule is CCN(CCO)c1nnc(-c2ccc(OC)cc2)c(-c2ccc(OC)cc2)n1. The molecule has 0 aliphatic rings. The molecule has 3 aromatic rings. The number of aliphatic hydroxyl groups excluding tert-OH is 1. The Morgan fingerprint density at radius 3 is 1.82 bits per heavy atom. The van der Waals surface area contributed by atoms with Crippen LogP contribution in [0.15, 0.2) is 48.5 Å². The number of methoxy groups -OCH3 is 2. The van der Waals surface area contributed by atoms with Crippen LogP contribution >= 0.6 is 0 Å². The lowest BCUT2D eigenvalue weighted by molar-refractivity contribution is 0.301. The molecule has 0 radical (unpaired) electrons. The van der Waals surface area contributed by atoms with Gasteiger partial charge in [-0.3, -0.25) is 0 Å². The van der Waals surface area contributed by atoms with Crippen molar-refractivity contribution in [3.05, 3.63) is 48.5 Å². The fourth-order valence-electron chi connectivity index (χ4n) is 2.87. The van der Waals surface area contributed by atoms with E-state index >= 15 is 0 Å². The second-order valence-corrected chi connectivity index (χ2v) is 6.07. The number of likely N-dealkylation sites (N-methyl/N-ethyl adjacent to an activating group) is 1. The quantitative estimate of drug-likeness (QED) is 0.643. The fraction of sp³-hybridized carbons (Fsp3) is 0.286. The van der Waals surface area contributed by atoms with Gasteiger partial charge in [-0.2, -0.15) is 0 Å². The van der Waals surface area contributed by atoms with Crippen molar-refractivity contribution in [3.63, 3.8) is 0 Å². The molecule has 1 heterocycles. The van der Waals surface area contributed by atoms with Gasteiger partial charge in [0.05, 0.1) is 20.8 Å². The Kier molecular flexibility index (Phi) is 6.39. The minimum Gasteiger partial charge on any atom is -0.497 e. The van der Waals surface area contributed by atoms with Crippen molar-refractivity contribution in [1.29, 1.82) is 0 Å². The molecule has 1 aromatic heterocycles. The maximum absolute atomic E-state index is 9.31. The van der Waals surface area contributed by atoms with Gasteiger partial charge >= 0.3 is 0 Å². The molecule has 7 heteroatoms. The first-order valence-corrected chi connectivity index (χ1v) is 9.09. The van der Waals surface area contributed by atoms with Crippen LogP contribution in [0.4, 0.5) is 5.95 Å². The number of aliphatic hydroxyl groups is 1. The summed E-state index contributed by atoms with van der Waals surface area (Å²) in [7, 11) is 3.27. The van der Waals surface area contributed by atoms with E-state index in [1.165, 1.54) is 0 Å². The molecule has 0 amide bonds. The van der Waals surface area contributed by atoms with E-state index in [9.17, 15) is 5.11 Å². The zero-order chi connectivity index (χ0) is 19.9. The van der Waals surface area contributed by atoms with Crippen molar-refractivity contribution in [2.24, 2.45) is 0 Å². The summed E-state index contributed by atoms with van der Waals surface area (Å²) in [6.07, 6.45) is 0. The normalized spacial score (nSPS) is 10.6. The first kappa shape index (κ1) is 19.6. The highest BCUT2D eigenvalue weighted by atomic mass is 16.5. The number of rotatable bonds is 8. The zero-order valence-corrected chi connectivity index (χ0v) is 16.3. The molecule has 146 valence electrons. The summed E-state index contributed by atoms with van der Waals surface area (Å²) in [6.45, 7) is 3.13. The maximum Gasteiger partial charge on any atom is 0.246 e. The minimum absolute atomic E-state index is 0.0231. The molecule has 0 unspecified atom stereocenters. The smallest absolute Gasteiger partial charge is 0.246 e. The van der Waals surface area contributed by atoms with E-state index in [1.54, 1.807) is 14.2 Å². The van der Waals surface area contributed by atoms with E-state index in [4.69, 9.17) is 14.5 Å². The van der Waals surface area contributed by atoms with Crippen LogP contribution in [0.1, 0.15) is 6.92 Å². The van der Waals surface area contributed by atoms with Gasteiger partial charge in [0, 0.05) is 24.2 Å². The van der Waals surface area contributed by atoms with Gasteiger partial charge in [-0.15, -0.1) is 10.2 Å². The highest BCUT2D eigenvalue weighted by Gasteiger charge is 2.16. The second-order valence-electron chi connectivity index (χ2n) is 6.07. The third-order valence-corrected chi connectivity index (χ3v) is 4.44. The topological polar surface area (TPSA) is 80.6 Å². The Balaban J connectivity index is 2.11. The molecule has 0 bridgehead atoms. The van der Waals surface area contributed by atoms with Gasteiger partial charge in [-0.1, -0.05) is 0 Å². The predicted molar refractivity (Wildman–Crippen MR) is 109 cm³/mol. The average Bonchev–Trinajstić information content (AvgIpc) is 2.77. The van der Waals surface area contributed by atoms with E-state index in [0.29, 0.717) is 30.4 Å². The van der Waals surface area contributed by atoms with Gasteiger partial charge in [0.1, 0.15) is 22.9 Å². The largest absolute Gasteiger partial charge is 0.497 e. The molecule has 2 aromatic carbocycles. The number of nitrogens with zero attached hydrogens (tertiary/aromatic N) is 4. The van der Waals surface area contributed by atoms with Crippen molar-refractivity contribution >= 4 is 5.95 Å². The van der Waals surface area contributed by atoms with Crippen molar-refractivity contribution in [1.82, 2.24) is 15.2 Å². The zero-order valence-electron chi connectivity index (χ0n) is 16.3. The Morgan fingerprint density at radius 2 is 1.36 bits per heavy atom. The van der Waals surface area contributed by atoms with Gasteiger partial charge in [-0.05, 0) is 55.5 Å². The summed E-state index contributed by atoms with van der Waals surface area (Å²) in [5.41, 5.74) is 3.19. The number of hydrogen-bond acceptors (Lipinski definition) is 7. The third kappa shape index (κ3) is 4.20. The Bertz CT molecular complexity index is 899. The number of ether oxygens (including phenoxy) is 2. The summed E-state index contributed by atoms with van der Waals surface area (Å²) in [5.74, 6) is 2.03. The molecule has 28 heavy (non-hydrogen) atoms. The standard InChI is InChI=1S/C21H24N4O3/c1-4-25(13-14-26)21-22-19(15-5-9-17(27-2)10-6-15)20(23-24-21)16-7-11-18(28-3)12-8-16/h5-12,26H,4,13-14H2,1-3H3. The Hall–Kier alpha value is -3.19. The molecule has 0 aliphatic heterocycles. The molecule has 0 aliphatic carbocycles. The summed E-state index contributed by atoms with van der Waals surface area (Å²) in [5, 5.41) is 18.1. The molecular formula is C21H24N4O3. The summed E-state index contributed by atoms with van der Waals surface area (Å²) in [6, 6.07) is 15.3. The lowest BCUT2D eigenvalue weighted by atomic mass is 10.0. The van der Waals surface area contributed by atoms with Crippen molar-refractivity contribution in [2.75, 3.05) is 38.8 Å². The molecule has 0 saturated carbocycles. The average molecular weight is 380 g/mol. The number of hydrogen-bond donors (Lipinski definition) is 1.